The van der Waals surface area contributed by atoms with Crippen molar-refractivity contribution in [2.24, 2.45) is 0 Å². The number of rotatable bonds is 2. The van der Waals surface area contributed by atoms with E-state index in [2.05, 4.69) is 0 Å². The Morgan fingerprint density at radius 2 is 1.86 bits per heavy atom. The van der Waals surface area contributed by atoms with Crippen LogP contribution in [0.15, 0.2) is 23.6 Å². The van der Waals surface area contributed by atoms with Crippen molar-refractivity contribution in [3.8, 4) is 22.3 Å². The predicted octanol–water partition coefficient (Wildman–Crippen LogP) is 4.95. The molecule has 0 radical (unpaired) electrons. The van der Waals surface area contributed by atoms with E-state index in [0.717, 1.165) is 28.8 Å². The fourth-order valence-corrected chi connectivity index (χ4v) is 2.63. The fourth-order valence-electron chi connectivity index (χ4n) is 1.71. The molecule has 0 saturated heterocycles. The van der Waals surface area contributed by atoms with Crippen molar-refractivity contribution in [1.82, 2.24) is 0 Å². The first-order valence-electron chi connectivity index (χ1n) is 5.45. The van der Waals surface area contributed by atoms with E-state index in [4.69, 9.17) is 5.26 Å². The van der Waals surface area contributed by atoms with Crippen molar-refractivity contribution in [1.29, 1.82) is 5.26 Å². The number of phenolic OH excluding ortho intramolecular Hbond substituents is 1. The summed E-state index contributed by atoms with van der Waals surface area (Å²) in [7, 11) is 0. The van der Waals surface area contributed by atoms with Gasteiger partial charge in [-0.2, -0.15) is 18.4 Å². The van der Waals surface area contributed by atoms with Crippen molar-refractivity contribution >= 4 is 11.3 Å². The monoisotopic (exact) mass is 319 g/mol. The molecule has 0 bridgehead atoms. The van der Waals surface area contributed by atoms with Crippen molar-refractivity contribution < 1.29 is 27.1 Å². The highest BCUT2D eigenvalue weighted by Gasteiger charge is 2.35. The molecule has 0 spiro atoms. The number of benzene rings is 1. The van der Waals surface area contributed by atoms with Gasteiger partial charge in [-0.25, -0.2) is 8.78 Å². The van der Waals surface area contributed by atoms with Crippen LogP contribution in [0, 0.1) is 11.3 Å². The Morgan fingerprint density at radius 3 is 2.33 bits per heavy atom. The van der Waals surface area contributed by atoms with E-state index >= 15 is 0 Å². The van der Waals surface area contributed by atoms with E-state index in [1.54, 1.807) is 6.07 Å². The Hall–Kier alpha value is -2.14. The van der Waals surface area contributed by atoms with Gasteiger partial charge in [0.25, 0.3) is 6.43 Å². The molecule has 2 aromatic rings. The number of hydrogen-bond acceptors (Lipinski definition) is 3. The zero-order valence-electron chi connectivity index (χ0n) is 10.1. The molecule has 0 amide bonds. The number of hydrogen-bond donors (Lipinski definition) is 1. The molecule has 1 N–H and O–H groups in total. The molecule has 0 fully saturated rings. The minimum atomic E-state index is -4.85. The molecule has 21 heavy (non-hydrogen) atoms. The highest BCUT2D eigenvalue weighted by atomic mass is 32.1. The molecular formula is C13H6F5NOS. The van der Waals surface area contributed by atoms with Crippen LogP contribution in [0.25, 0.3) is 10.4 Å². The van der Waals surface area contributed by atoms with Crippen LogP contribution < -0.4 is 0 Å². The maximum atomic E-state index is 12.8. The van der Waals surface area contributed by atoms with Gasteiger partial charge in [0, 0.05) is 21.4 Å². The summed E-state index contributed by atoms with van der Waals surface area (Å²) in [5, 5.41) is 19.6. The van der Waals surface area contributed by atoms with Crippen molar-refractivity contribution in [3.05, 3.63) is 40.3 Å². The molecule has 110 valence electrons. The van der Waals surface area contributed by atoms with E-state index in [1.807, 2.05) is 0 Å². The third kappa shape index (κ3) is 2.97. The lowest BCUT2D eigenvalue weighted by molar-refractivity contribution is -0.138. The van der Waals surface area contributed by atoms with Crippen LogP contribution in [0.1, 0.15) is 23.1 Å². The molecule has 8 heteroatoms. The fraction of sp³-hybridized carbons (Fsp3) is 0.154. The van der Waals surface area contributed by atoms with Crippen LogP contribution in [0.4, 0.5) is 22.0 Å². The van der Waals surface area contributed by atoms with Gasteiger partial charge in [0.2, 0.25) is 0 Å². The zero-order chi connectivity index (χ0) is 15.8. The number of aromatic hydroxyl groups is 1. The van der Waals surface area contributed by atoms with Crippen LogP contribution in [-0.4, -0.2) is 5.11 Å². The van der Waals surface area contributed by atoms with Crippen LogP contribution in [-0.2, 0) is 6.18 Å². The second kappa shape index (κ2) is 5.33. The zero-order valence-corrected chi connectivity index (χ0v) is 10.9. The quantitative estimate of drug-likeness (QED) is 0.796. The number of nitrogens with zero attached hydrogens (tertiary/aromatic N) is 1. The average Bonchev–Trinajstić information content (AvgIpc) is 2.87. The smallest absolute Gasteiger partial charge is 0.420 e. The molecule has 0 aliphatic heterocycles. The molecule has 1 heterocycles. The number of thiophene rings is 1. The minimum absolute atomic E-state index is 0.0328. The van der Waals surface area contributed by atoms with Gasteiger partial charge in [-0.05, 0) is 18.2 Å². The highest BCUT2D eigenvalue weighted by Crippen LogP contribution is 2.44. The van der Waals surface area contributed by atoms with Gasteiger partial charge in [0.05, 0.1) is 17.2 Å². The van der Waals surface area contributed by atoms with Crippen LogP contribution in [0.5, 0.6) is 5.75 Å². The molecule has 2 nitrogen and oxygen atoms in total. The van der Waals surface area contributed by atoms with Crippen molar-refractivity contribution in [2.75, 3.05) is 0 Å². The number of phenols is 1. The molecule has 1 aromatic carbocycles. The first-order chi connectivity index (χ1) is 9.74. The summed E-state index contributed by atoms with van der Waals surface area (Å²) in [6.07, 6.45) is -7.62. The van der Waals surface area contributed by atoms with Crippen LogP contribution >= 0.6 is 11.3 Å². The summed E-state index contributed by atoms with van der Waals surface area (Å²) in [5.74, 6) is -1.08. The summed E-state index contributed by atoms with van der Waals surface area (Å²) in [4.78, 5) is 0.0328. The largest absolute Gasteiger partial charge is 0.507 e. The third-order valence-corrected chi connectivity index (χ3v) is 3.66. The van der Waals surface area contributed by atoms with Gasteiger partial charge in [-0.1, -0.05) is 0 Å². The third-order valence-electron chi connectivity index (χ3n) is 2.68. The van der Waals surface area contributed by atoms with Gasteiger partial charge in [-0.3, -0.25) is 0 Å². The molecule has 0 saturated carbocycles. The summed E-state index contributed by atoms with van der Waals surface area (Å²) < 4.78 is 63.5. The first kappa shape index (κ1) is 15.3. The Labute approximate surface area is 119 Å². The van der Waals surface area contributed by atoms with E-state index in [0.29, 0.717) is 6.07 Å². The van der Waals surface area contributed by atoms with Gasteiger partial charge in [0.1, 0.15) is 5.75 Å². The Balaban J connectivity index is 2.65. The van der Waals surface area contributed by atoms with Crippen molar-refractivity contribution in [3.63, 3.8) is 0 Å². The van der Waals surface area contributed by atoms with E-state index in [1.165, 1.54) is 0 Å². The summed E-state index contributed by atoms with van der Waals surface area (Å²) in [6.45, 7) is 0. The standard InChI is InChI=1S/C13H6F5NOS/c14-12(15)7-3-10(21-5-7)8-1-6(4-19)2-9(11(8)20)13(16,17)18/h1-3,5,12,20H. The Kier molecular flexibility index (Phi) is 3.87. The number of alkyl halides is 5. The summed E-state index contributed by atoms with van der Waals surface area (Å²) >= 11 is 0.767. The van der Waals surface area contributed by atoms with Gasteiger partial charge in [0.15, 0.2) is 0 Å². The van der Waals surface area contributed by atoms with E-state index in [-0.39, 0.29) is 21.6 Å². The van der Waals surface area contributed by atoms with Crippen molar-refractivity contribution in [2.45, 2.75) is 12.6 Å². The van der Waals surface area contributed by atoms with Crippen LogP contribution in [0.2, 0.25) is 0 Å². The number of nitriles is 1. The van der Waals surface area contributed by atoms with Gasteiger partial charge in [-0.15, -0.1) is 11.3 Å². The van der Waals surface area contributed by atoms with Crippen LogP contribution in [0.3, 0.4) is 0 Å². The second-order valence-electron chi connectivity index (χ2n) is 4.07. The minimum Gasteiger partial charge on any atom is -0.507 e. The van der Waals surface area contributed by atoms with E-state index < -0.39 is 23.9 Å². The topological polar surface area (TPSA) is 44.0 Å². The average molecular weight is 319 g/mol. The SMILES string of the molecule is N#Cc1cc(-c2cc(C(F)F)cs2)c(O)c(C(F)(F)F)c1. The van der Waals surface area contributed by atoms with E-state index in [9.17, 15) is 27.1 Å². The number of halogens is 5. The summed E-state index contributed by atoms with van der Waals surface area (Å²) in [6, 6.07) is 4.09. The molecule has 0 unspecified atom stereocenters. The maximum absolute atomic E-state index is 12.8. The highest BCUT2D eigenvalue weighted by molar-refractivity contribution is 7.13. The first-order valence-corrected chi connectivity index (χ1v) is 6.33. The lowest BCUT2D eigenvalue weighted by atomic mass is 10.0. The predicted molar refractivity (Wildman–Crippen MR) is 66.1 cm³/mol. The Bertz CT molecular complexity index is 714. The second-order valence-corrected chi connectivity index (χ2v) is 4.99. The molecular weight excluding hydrogens is 313 g/mol. The molecule has 2 rings (SSSR count). The maximum Gasteiger partial charge on any atom is 0.420 e. The molecule has 0 aliphatic rings. The Morgan fingerprint density at radius 1 is 1.19 bits per heavy atom. The van der Waals surface area contributed by atoms with Gasteiger partial charge >= 0.3 is 6.18 Å². The molecule has 0 atom stereocenters. The lowest BCUT2D eigenvalue weighted by Crippen LogP contribution is -2.06. The molecule has 0 aliphatic carbocycles. The lowest BCUT2D eigenvalue weighted by Gasteiger charge is -2.12. The van der Waals surface area contributed by atoms with Gasteiger partial charge < -0.3 is 5.11 Å². The molecule has 1 aromatic heterocycles. The normalized spacial score (nSPS) is 11.7. The summed E-state index contributed by atoms with van der Waals surface area (Å²) in [5.41, 5.74) is -2.34.